The van der Waals surface area contributed by atoms with Gasteiger partial charge >= 0.3 is 0 Å². The summed E-state index contributed by atoms with van der Waals surface area (Å²) < 4.78 is 18.5. The Hall–Kier alpha value is -2.80. The lowest BCUT2D eigenvalue weighted by molar-refractivity contribution is -0.196. The number of hydrogen-bond donors (Lipinski definition) is 0. The van der Waals surface area contributed by atoms with Gasteiger partial charge in [-0.2, -0.15) is 0 Å². The van der Waals surface area contributed by atoms with E-state index in [0.717, 1.165) is 11.1 Å². The highest BCUT2D eigenvalue weighted by molar-refractivity contribution is 6.21. The summed E-state index contributed by atoms with van der Waals surface area (Å²) in [4.78, 5) is 27.8. The Bertz CT molecular complexity index is 985. The Morgan fingerprint density at radius 1 is 1.06 bits per heavy atom. The normalized spacial score (nSPS) is 29.3. The van der Waals surface area contributed by atoms with Gasteiger partial charge in [0.15, 0.2) is 6.29 Å². The van der Waals surface area contributed by atoms with E-state index in [1.807, 2.05) is 37.3 Å². The van der Waals surface area contributed by atoms with Crippen molar-refractivity contribution in [1.29, 1.82) is 0 Å². The van der Waals surface area contributed by atoms with Crippen molar-refractivity contribution < 1.29 is 23.8 Å². The van der Waals surface area contributed by atoms with E-state index in [1.165, 1.54) is 4.90 Å². The number of carbonyl (C=O) groups excluding carboxylic acids is 2. The Morgan fingerprint density at radius 2 is 1.71 bits per heavy atom. The topological polar surface area (TPSA) is 65.1 Å². The molecule has 0 aromatic heterocycles. The second-order valence-electron chi connectivity index (χ2n) is 8.48. The third kappa shape index (κ3) is 3.51. The number of allylic oxidation sites excluding steroid dienone is 1. The first-order valence-corrected chi connectivity index (χ1v) is 10.6. The monoisotopic (exact) mass is 419 g/mol. The first kappa shape index (κ1) is 20.1. The molecule has 2 amide bonds. The smallest absolute Gasteiger partial charge is 0.262 e. The van der Waals surface area contributed by atoms with Gasteiger partial charge in [-0.25, -0.2) is 0 Å². The fraction of sp³-hybridized carbons (Fsp3) is 0.360. The van der Waals surface area contributed by atoms with Crippen LogP contribution in [-0.2, 0) is 20.8 Å². The number of benzene rings is 2. The van der Waals surface area contributed by atoms with Gasteiger partial charge in [-0.3, -0.25) is 14.5 Å². The highest BCUT2D eigenvalue weighted by Crippen LogP contribution is 2.42. The minimum Gasteiger partial charge on any atom is -0.371 e. The van der Waals surface area contributed by atoms with Crippen molar-refractivity contribution in [2.75, 3.05) is 6.61 Å². The van der Waals surface area contributed by atoms with Crippen LogP contribution >= 0.6 is 0 Å². The van der Waals surface area contributed by atoms with Gasteiger partial charge in [0.05, 0.1) is 36.5 Å². The number of amides is 2. The summed E-state index contributed by atoms with van der Waals surface area (Å²) in [5.74, 6) is -0.731. The zero-order valence-electron chi connectivity index (χ0n) is 17.4. The van der Waals surface area contributed by atoms with Crippen LogP contribution in [0, 0.1) is 5.92 Å². The van der Waals surface area contributed by atoms with E-state index >= 15 is 0 Å². The standard InChI is InChI=1S/C25H25NO5/c1-15(2)12-19-20-14-30-25(31-20)21(22(19)29-13-16-8-4-3-5-9-16)26-23(27)17-10-6-7-11-18(17)24(26)28/h3-11,19-22,25H,1,12-14H2,2H3/t19-,20-,21-,22+,25-/m1/s1. The Balaban J connectivity index is 1.50. The fourth-order valence-electron chi connectivity index (χ4n) is 4.85. The zero-order chi connectivity index (χ0) is 21.5. The molecule has 2 aromatic carbocycles. The summed E-state index contributed by atoms with van der Waals surface area (Å²) in [5, 5.41) is 0. The van der Waals surface area contributed by atoms with Crippen LogP contribution in [0.1, 0.15) is 39.6 Å². The van der Waals surface area contributed by atoms with Gasteiger partial charge in [0.2, 0.25) is 0 Å². The molecule has 0 aliphatic carbocycles. The average Bonchev–Trinajstić information content (AvgIpc) is 3.31. The van der Waals surface area contributed by atoms with Crippen molar-refractivity contribution in [1.82, 2.24) is 4.90 Å². The Kier molecular flexibility index (Phi) is 5.22. The first-order valence-electron chi connectivity index (χ1n) is 10.6. The lowest BCUT2D eigenvalue weighted by Gasteiger charge is -2.44. The number of rotatable bonds is 6. The molecule has 3 aliphatic heterocycles. The van der Waals surface area contributed by atoms with Crippen LogP contribution in [0.2, 0.25) is 0 Å². The molecule has 0 N–H and O–H groups in total. The summed E-state index contributed by atoms with van der Waals surface area (Å²) in [6.07, 6.45) is -0.617. The summed E-state index contributed by atoms with van der Waals surface area (Å²) in [6.45, 7) is 6.82. The molecule has 2 bridgehead atoms. The minimum atomic E-state index is -0.700. The van der Waals surface area contributed by atoms with Crippen LogP contribution in [0.4, 0.5) is 0 Å². The molecular formula is C25H25NO5. The molecule has 3 aliphatic rings. The molecule has 160 valence electrons. The molecule has 2 fully saturated rings. The lowest BCUT2D eigenvalue weighted by atomic mass is 9.83. The van der Waals surface area contributed by atoms with Crippen LogP contribution in [0.3, 0.4) is 0 Å². The van der Waals surface area contributed by atoms with Gasteiger partial charge in [0.25, 0.3) is 11.8 Å². The highest BCUT2D eigenvalue weighted by Gasteiger charge is 2.57. The Labute approximate surface area is 181 Å². The van der Waals surface area contributed by atoms with Crippen molar-refractivity contribution in [2.24, 2.45) is 5.92 Å². The van der Waals surface area contributed by atoms with E-state index in [1.54, 1.807) is 24.3 Å². The maximum Gasteiger partial charge on any atom is 0.262 e. The number of nitrogens with zero attached hydrogens (tertiary/aromatic N) is 1. The molecule has 2 saturated heterocycles. The van der Waals surface area contributed by atoms with Gasteiger partial charge in [-0.05, 0) is 31.0 Å². The van der Waals surface area contributed by atoms with Crippen LogP contribution < -0.4 is 0 Å². The van der Waals surface area contributed by atoms with Gasteiger partial charge in [-0.1, -0.05) is 48.0 Å². The van der Waals surface area contributed by atoms with E-state index in [-0.39, 0.29) is 23.8 Å². The third-order valence-corrected chi connectivity index (χ3v) is 6.24. The number of fused-ring (bicyclic) bond motifs is 3. The van der Waals surface area contributed by atoms with Crippen molar-refractivity contribution in [3.63, 3.8) is 0 Å². The molecular weight excluding hydrogens is 394 g/mol. The van der Waals surface area contributed by atoms with Gasteiger partial charge in [0, 0.05) is 5.92 Å². The number of imide groups is 1. The number of hydrogen-bond acceptors (Lipinski definition) is 5. The summed E-state index contributed by atoms with van der Waals surface area (Å²) in [7, 11) is 0. The highest BCUT2D eigenvalue weighted by atomic mass is 16.7. The molecule has 0 spiro atoms. The van der Waals surface area contributed by atoms with Gasteiger partial charge in [-0.15, -0.1) is 6.58 Å². The average molecular weight is 419 g/mol. The molecule has 0 saturated carbocycles. The van der Waals surface area contributed by atoms with E-state index in [9.17, 15) is 9.59 Å². The van der Waals surface area contributed by atoms with Crippen molar-refractivity contribution in [2.45, 2.75) is 44.5 Å². The largest absolute Gasteiger partial charge is 0.371 e. The Morgan fingerprint density at radius 3 is 2.35 bits per heavy atom. The molecule has 6 heteroatoms. The SMILES string of the molecule is C=C(C)C[C@H]1[C@H](OCc2ccccc2)[C@@H](N2C(=O)c3ccccc3C2=O)[C@@H]2OC[C@H]1O2. The number of carbonyl (C=O) groups is 2. The minimum absolute atomic E-state index is 0.0747. The molecule has 5 rings (SSSR count). The first-order chi connectivity index (χ1) is 15.0. The second-order valence-corrected chi connectivity index (χ2v) is 8.48. The lowest BCUT2D eigenvalue weighted by Crippen LogP contribution is -2.60. The molecule has 3 heterocycles. The van der Waals surface area contributed by atoms with Crippen molar-refractivity contribution >= 4 is 11.8 Å². The summed E-state index contributed by atoms with van der Waals surface area (Å²) in [6, 6.07) is 16.1. The number of ether oxygens (including phenoxy) is 3. The van der Waals surface area contributed by atoms with E-state index in [0.29, 0.717) is 30.8 Å². The van der Waals surface area contributed by atoms with Crippen LogP contribution in [-0.4, -0.2) is 47.9 Å². The summed E-state index contributed by atoms with van der Waals surface area (Å²) in [5.41, 5.74) is 2.84. The van der Waals surface area contributed by atoms with Gasteiger partial charge in [0.1, 0.15) is 6.04 Å². The molecule has 31 heavy (non-hydrogen) atoms. The maximum absolute atomic E-state index is 13.3. The van der Waals surface area contributed by atoms with Gasteiger partial charge < -0.3 is 14.2 Å². The molecule has 6 nitrogen and oxygen atoms in total. The van der Waals surface area contributed by atoms with E-state index in [2.05, 4.69) is 6.58 Å². The van der Waals surface area contributed by atoms with Crippen LogP contribution in [0.5, 0.6) is 0 Å². The maximum atomic E-state index is 13.3. The van der Waals surface area contributed by atoms with Crippen molar-refractivity contribution in [3.05, 3.63) is 83.4 Å². The zero-order valence-corrected chi connectivity index (χ0v) is 17.4. The van der Waals surface area contributed by atoms with E-state index < -0.39 is 18.4 Å². The van der Waals surface area contributed by atoms with Crippen LogP contribution in [0.15, 0.2) is 66.7 Å². The second kappa shape index (κ2) is 8.04. The summed E-state index contributed by atoms with van der Waals surface area (Å²) >= 11 is 0. The van der Waals surface area contributed by atoms with Crippen LogP contribution in [0.25, 0.3) is 0 Å². The third-order valence-electron chi connectivity index (χ3n) is 6.24. The predicted octanol–water partition coefficient (Wildman–Crippen LogP) is 3.57. The molecule has 5 atom stereocenters. The van der Waals surface area contributed by atoms with E-state index in [4.69, 9.17) is 14.2 Å². The molecule has 0 radical (unpaired) electrons. The molecule has 0 unspecified atom stereocenters. The fourth-order valence-corrected chi connectivity index (χ4v) is 4.85. The molecule has 2 aromatic rings. The predicted molar refractivity (Wildman–Crippen MR) is 113 cm³/mol. The quantitative estimate of drug-likeness (QED) is 0.529. The van der Waals surface area contributed by atoms with Crippen molar-refractivity contribution in [3.8, 4) is 0 Å².